The molecule has 0 amide bonds. The molecule has 3 heteroatoms. The molecule has 1 fully saturated rings. The van der Waals surface area contributed by atoms with Gasteiger partial charge in [0.2, 0.25) is 0 Å². The fourth-order valence-corrected chi connectivity index (χ4v) is 1.07. The molecule has 1 aromatic rings. The van der Waals surface area contributed by atoms with Crippen molar-refractivity contribution >= 4 is 12.4 Å². The summed E-state index contributed by atoms with van der Waals surface area (Å²) in [5.41, 5.74) is 0.505. The highest BCUT2D eigenvalue weighted by Gasteiger charge is 2.41. The molecule has 0 unspecified atom stereocenters. The number of aromatic nitrogens is 1. The van der Waals surface area contributed by atoms with E-state index in [4.69, 9.17) is 0 Å². The first-order valence-corrected chi connectivity index (χ1v) is 3.44. The minimum absolute atomic E-state index is 0. The second-order valence-corrected chi connectivity index (χ2v) is 2.77. The molecule has 0 atom stereocenters. The minimum Gasteiger partial charge on any atom is -0.385 e. The van der Waals surface area contributed by atoms with Crippen molar-refractivity contribution in [3.05, 3.63) is 30.1 Å². The first-order valence-electron chi connectivity index (χ1n) is 3.44. The summed E-state index contributed by atoms with van der Waals surface area (Å²) in [5.74, 6) is 0. The molecule has 1 aliphatic carbocycles. The maximum atomic E-state index is 9.57. The minimum atomic E-state index is -0.497. The Hall–Kier alpha value is -0.600. The highest BCUT2D eigenvalue weighted by molar-refractivity contribution is 5.85. The highest BCUT2D eigenvalue weighted by atomic mass is 35.5. The molecule has 0 bridgehead atoms. The van der Waals surface area contributed by atoms with Crippen LogP contribution in [0.3, 0.4) is 0 Å². The van der Waals surface area contributed by atoms with Gasteiger partial charge >= 0.3 is 0 Å². The zero-order valence-electron chi connectivity index (χ0n) is 6.03. The summed E-state index contributed by atoms with van der Waals surface area (Å²) in [6, 6.07) is 3.74. The van der Waals surface area contributed by atoms with Gasteiger partial charge in [-0.1, -0.05) is 0 Å². The van der Waals surface area contributed by atoms with Crippen LogP contribution in [0.25, 0.3) is 0 Å². The number of aliphatic hydroxyl groups is 1. The summed E-state index contributed by atoms with van der Waals surface area (Å²) in [5, 5.41) is 9.57. The van der Waals surface area contributed by atoms with E-state index in [0.717, 1.165) is 18.4 Å². The fourth-order valence-electron chi connectivity index (χ4n) is 1.07. The maximum Gasteiger partial charge on any atom is 0.0900 e. The van der Waals surface area contributed by atoms with Gasteiger partial charge in [-0.25, -0.2) is 0 Å². The van der Waals surface area contributed by atoms with Crippen LogP contribution in [0, 0.1) is 0 Å². The van der Waals surface area contributed by atoms with Gasteiger partial charge in [-0.3, -0.25) is 4.98 Å². The lowest BCUT2D eigenvalue weighted by molar-refractivity contribution is 0.151. The van der Waals surface area contributed by atoms with E-state index in [2.05, 4.69) is 4.98 Å². The highest BCUT2D eigenvalue weighted by Crippen LogP contribution is 2.44. The normalized spacial score (nSPS) is 18.6. The Morgan fingerprint density at radius 3 is 2.27 bits per heavy atom. The smallest absolute Gasteiger partial charge is 0.0900 e. The van der Waals surface area contributed by atoms with Crippen molar-refractivity contribution in [2.75, 3.05) is 0 Å². The summed E-state index contributed by atoms with van der Waals surface area (Å²) >= 11 is 0. The lowest BCUT2D eigenvalue weighted by Gasteiger charge is -2.04. The quantitative estimate of drug-likeness (QED) is 0.695. The maximum absolute atomic E-state index is 9.57. The van der Waals surface area contributed by atoms with E-state index in [1.807, 2.05) is 12.1 Å². The zero-order chi connectivity index (χ0) is 7.03. The Kier molecular flexibility index (Phi) is 2.16. The number of hydrogen-bond donors (Lipinski definition) is 1. The fraction of sp³-hybridized carbons (Fsp3) is 0.375. The van der Waals surface area contributed by atoms with E-state index in [1.54, 1.807) is 12.4 Å². The van der Waals surface area contributed by atoms with Crippen LogP contribution < -0.4 is 0 Å². The average molecular weight is 172 g/mol. The van der Waals surface area contributed by atoms with Crippen LogP contribution in [0.15, 0.2) is 24.5 Å². The summed E-state index contributed by atoms with van der Waals surface area (Å²) in [4.78, 5) is 3.88. The predicted octanol–water partition coefficient (Wildman–Crippen LogP) is 1.48. The molecule has 0 radical (unpaired) electrons. The number of nitrogens with zero attached hydrogens (tertiary/aromatic N) is 1. The molecule has 0 spiro atoms. The van der Waals surface area contributed by atoms with Gasteiger partial charge in [0.15, 0.2) is 0 Å². The van der Waals surface area contributed by atoms with Crippen LogP contribution in [0.4, 0.5) is 0 Å². The van der Waals surface area contributed by atoms with E-state index in [9.17, 15) is 5.11 Å². The molecule has 0 saturated heterocycles. The average Bonchev–Trinajstić information content (AvgIpc) is 2.72. The van der Waals surface area contributed by atoms with Gasteiger partial charge in [0, 0.05) is 12.4 Å². The predicted molar refractivity (Wildman–Crippen MR) is 44.6 cm³/mol. The van der Waals surface area contributed by atoms with Gasteiger partial charge in [-0.05, 0) is 30.5 Å². The molecule has 2 nitrogen and oxygen atoms in total. The van der Waals surface area contributed by atoms with Gasteiger partial charge < -0.3 is 5.11 Å². The van der Waals surface area contributed by atoms with Crippen molar-refractivity contribution in [2.24, 2.45) is 0 Å². The van der Waals surface area contributed by atoms with Crippen LogP contribution in [0.2, 0.25) is 0 Å². The van der Waals surface area contributed by atoms with Crippen molar-refractivity contribution < 1.29 is 5.11 Å². The van der Waals surface area contributed by atoms with Crippen LogP contribution in [-0.4, -0.2) is 10.1 Å². The number of hydrogen-bond acceptors (Lipinski definition) is 2. The van der Waals surface area contributed by atoms with Crippen LogP contribution in [0.1, 0.15) is 18.4 Å². The molecule has 60 valence electrons. The van der Waals surface area contributed by atoms with Gasteiger partial charge in [0.05, 0.1) is 5.60 Å². The van der Waals surface area contributed by atoms with Crippen LogP contribution in [0.5, 0.6) is 0 Å². The monoisotopic (exact) mass is 171 g/mol. The van der Waals surface area contributed by atoms with Gasteiger partial charge in [-0.15, -0.1) is 12.4 Å². The van der Waals surface area contributed by atoms with E-state index < -0.39 is 5.60 Å². The molecule has 0 aromatic carbocycles. The zero-order valence-corrected chi connectivity index (χ0v) is 6.84. The SMILES string of the molecule is Cl.OC1(c2ccncc2)CC1. The summed E-state index contributed by atoms with van der Waals surface area (Å²) in [6.45, 7) is 0. The Labute approximate surface area is 71.7 Å². The van der Waals surface area contributed by atoms with Crippen molar-refractivity contribution in [1.82, 2.24) is 4.98 Å². The van der Waals surface area contributed by atoms with Crippen molar-refractivity contribution in [3.63, 3.8) is 0 Å². The molecular weight excluding hydrogens is 162 g/mol. The topological polar surface area (TPSA) is 33.1 Å². The summed E-state index contributed by atoms with van der Waals surface area (Å²) in [7, 11) is 0. The lowest BCUT2D eigenvalue weighted by atomic mass is 10.1. The molecule has 1 aromatic heterocycles. The second-order valence-electron chi connectivity index (χ2n) is 2.77. The van der Waals surface area contributed by atoms with Crippen LogP contribution in [-0.2, 0) is 5.60 Å². The van der Waals surface area contributed by atoms with Crippen LogP contribution >= 0.6 is 12.4 Å². The van der Waals surface area contributed by atoms with Crippen molar-refractivity contribution in [1.29, 1.82) is 0 Å². The first-order chi connectivity index (χ1) is 4.81. The van der Waals surface area contributed by atoms with Gasteiger partial charge in [0.25, 0.3) is 0 Å². The molecule has 1 N–H and O–H groups in total. The van der Waals surface area contributed by atoms with Gasteiger partial charge in [0.1, 0.15) is 0 Å². The van der Waals surface area contributed by atoms with Crippen molar-refractivity contribution in [2.45, 2.75) is 18.4 Å². The Balaban J connectivity index is 0.000000605. The Bertz CT molecular complexity index is 233. The molecule has 2 rings (SSSR count). The molecular formula is C8H10ClNO. The standard InChI is InChI=1S/C8H9NO.ClH/c10-8(3-4-8)7-1-5-9-6-2-7;/h1-2,5-6,10H,3-4H2;1H. The van der Waals surface area contributed by atoms with Crippen molar-refractivity contribution in [3.8, 4) is 0 Å². The molecule has 1 aliphatic rings. The summed E-state index contributed by atoms with van der Waals surface area (Å²) in [6.07, 6.45) is 5.23. The van der Waals surface area contributed by atoms with E-state index in [-0.39, 0.29) is 12.4 Å². The van der Waals surface area contributed by atoms with E-state index >= 15 is 0 Å². The molecule has 1 heterocycles. The number of rotatable bonds is 1. The Morgan fingerprint density at radius 1 is 1.27 bits per heavy atom. The molecule has 11 heavy (non-hydrogen) atoms. The molecule has 1 saturated carbocycles. The Morgan fingerprint density at radius 2 is 1.82 bits per heavy atom. The third kappa shape index (κ3) is 1.52. The number of halogens is 1. The lowest BCUT2D eigenvalue weighted by Crippen LogP contribution is -2.03. The van der Waals surface area contributed by atoms with E-state index in [0.29, 0.717) is 0 Å². The largest absolute Gasteiger partial charge is 0.385 e. The molecule has 0 aliphatic heterocycles. The van der Waals surface area contributed by atoms with Gasteiger partial charge in [-0.2, -0.15) is 0 Å². The second kappa shape index (κ2) is 2.80. The third-order valence-corrected chi connectivity index (χ3v) is 1.94. The summed E-state index contributed by atoms with van der Waals surface area (Å²) < 4.78 is 0. The third-order valence-electron chi connectivity index (χ3n) is 1.94. The number of pyridine rings is 1. The first kappa shape index (κ1) is 8.50. The van der Waals surface area contributed by atoms with E-state index in [1.165, 1.54) is 0 Å².